The minimum atomic E-state index is -4.66. The average molecular weight is 465 g/mol. The quantitative estimate of drug-likeness (QED) is 0.357. The second-order valence-electron chi connectivity index (χ2n) is 7.17. The van der Waals surface area contributed by atoms with Gasteiger partial charge in [-0.15, -0.1) is 0 Å². The topological polar surface area (TPSA) is 85.8 Å². The molecular formula is C21H16F5N5O2. The van der Waals surface area contributed by atoms with Gasteiger partial charge in [0, 0.05) is 18.7 Å². The van der Waals surface area contributed by atoms with E-state index in [0.717, 1.165) is 26.3 Å². The van der Waals surface area contributed by atoms with E-state index < -0.39 is 41.1 Å². The molecule has 172 valence electrons. The summed E-state index contributed by atoms with van der Waals surface area (Å²) in [6, 6.07) is 4.34. The van der Waals surface area contributed by atoms with Crippen molar-refractivity contribution in [2.45, 2.75) is 12.5 Å². The van der Waals surface area contributed by atoms with E-state index in [1.165, 1.54) is 23.0 Å². The van der Waals surface area contributed by atoms with Gasteiger partial charge >= 0.3 is 6.18 Å². The van der Waals surface area contributed by atoms with Gasteiger partial charge < -0.3 is 15.4 Å². The number of nitrogens with two attached hydrogens (primary N) is 1. The minimum absolute atomic E-state index is 0.105. The summed E-state index contributed by atoms with van der Waals surface area (Å²) in [5.41, 5.74) is 4.87. The molecule has 4 rings (SSSR count). The zero-order valence-electron chi connectivity index (χ0n) is 17.2. The van der Waals surface area contributed by atoms with Crippen LogP contribution in [0.1, 0.15) is 27.8 Å². The first-order chi connectivity index (χ1) is 15.5. The molecule has 0 aliphatic rings. The predicted octanol–water partition coefficient (Wildman–Crippen LogP) is 4.37. The van der Waals surface area contributed by atoms with Crippen molar-refractivity contribution in [3.63, 3.8) is 0 Å². The number of anilines is 1. The van der Waals surface area contributed by atoms with Crippen molar-refractivity contribution in [2.24, 2.45) is 0 Å². The number of fused-ring (bicyclic) bond motifs is 3. The minimum Gasteiger partial charge on any atom is -0.496 e. The number of halogens is 5. The summed E-state index contributed by atoms with van der Waals surface area (Å²) in [5.74, 6) is -2.32. The number of carbonyl (C=O) groups excluding carboxylic acids is 1. The molecule has 12 heteroatoms. The van der Waals surface area contributed by atoms with Gasteiger partial charge in [0.2, 0.25) is 6.30 Å². The van der Waals surface area contributed by atoms with Crippen LogP contribution >= 0.6 is 0 Å². The first-order valence-electron chi connectivity index (χ1n) is 9.40. The van der Waals surface area contributed by atoms with E-state index in [4.69, 9.17) is 10.5 Å². The lowest BCUT2D eigenvalue weighted by molar-refractivity contribution is -0.137. The molecule has 0 saturated carbocycles. The number of ether oxygens (including phenoxy) is 1. The van der Waals surface area contributed by atoms with Crippen LogP contribution in [0.3, 0.4) is 0 Å². The summed E-state index contributed by atoms with van der Waals surface area (Å²) < 4.78 is 75.2. The van der Waals surface area contributed by atoms with Crippen LogP contribution in [0.4, 0.5) is 27.8 Å². The first-order valence-corrected chi connectivity index (χ1v) is 9.40. The molecule has 1 amide bonds. The van der Waals surface area contributed by atoms with Gasteiger partial charge in [-0.1, -0.05) is 0 Å². The van der Waals surface area contributed by atoms with Crippen molar-refractivity contribution in [3.8, 4) is 5.75 Å². The first kappa shape index (κ1) is 22.2. The van der Waals surface area contributed by atoms with E-state index in [0.29, 0.717) is 28.1 Å². The summed E-state index contributed by atoms with van der Waals surface area (Å²) in [4.78, 5) is 21.5. The smallest absolute Gasteiger partial charge is 0.416 e. The van der Waals surface area contributed by atoms with Crippen LogP contribution in [0, 0.1) is 5.82 Å². The molecule has 0 unspecified atom stereocenters. The number of carbonyl (C=O) groups is 1. The van der Waals surface area contributed by atoms with E-state index in [9.17, 15) is 22.4 Å². The van der Waals surface area contributed by atoms with E-state index in [1.54, 1.807) is 0 Å². The van der Waals surface area contributed by atoms with Crippen molar-refractivity contribution >= 4 is 28.3 Å². The second kappa shape index (κ2) is 7.87. The molecule has 0 radical (unpaired) electrons. The fourth-order valence-electron chi connectivity index (χ4n) is 3.45. The van der Waals surface area contributed by atoms with Gasteiger partial charge in [0.15, 0.2) is 0 Å². The lowest BCUT2D eigenvalue weighted by Crippen LogP contribution is -2.30. The van der Waals surface area contributed by atoms with Gasteiger partial charge in [0.1, 0.15) is 22.9 Å². The Labute approximate surface area is 183 Å². The number of amides is 1. The van der Waals surface area contributed by atoms with Gasteiger partial charge in [-0.3, -0.25) is 9.20 Å². The molecule has 0 aliphatic heterocycles. The number of nitrogens with zero attached hydrogens (tertiary/aromatic N) is 4. The highest BCUT2D eigenvalue weighted by Crippen LogP contribution is 2.37. The summed E-state index contributed by atoms with van der Waals surface area (Å²) in [6.07, 6.45) is -4.05. The van der Waals surface area contributed by atoms with Crippen molar-refractivity contribution in [3.05, 3.63) is 65.4 Å². The summed E-state index contributed by atoms with van der Waals surface area (Å²) in [6.45, 7) is 0. The van der Waals surface area contributed by atoms with Crippen LogP contribution in [0.15, 0.2) is 42.9 Å². The molecule has 2 heterocycles. The largest absolute Gasteiger partial charge is 0.496 e. The number of hydrogen-bond acceptors (Lipinski definition) is 5. The van der Waals surface area contributed by atoms with Gasteiger partial charge in [-0.2, -0.15) is 13.2 Å². The van der Waals surface area contributed by atoms with E-state index in [-0.39, 0.29) is 16.9 Å². The number of aromatic nitrogens is 3. The van der Waals surface area contributed by atoms with Gasteiger partial charge in [0.25, 0.3) is 5.91 Å². The monoisotopic (exact) mass is 465 g/mol. The van der Waals surface area contributed by atoms with Gasteiger partial charge in [0.05, 0.1) is 41.8 Å². The normalized spacial score (nSPS) is 12.8. The molecule has 2 aromatic heterocycles. The van der Waals surface area contributed by atoms with Crippen LogP contribution in [-0.4, -0.2) is 39.3 Å². The fourth-order valence-corrected chi connectivity index (χ4v) is 3.45. The molecule has 0 aliphatic carbocycles. The lowest BCUT2D eigenvalue weighted by atomic mass is 10.1. The van der Waals surface area contributed by atoms with E-state index >= 15 is 4.39 Å². The van der Waals surface area contributed by atoms with E-state index in [2.05, 4.69) is 9.97 Å². The maximum Gasteiger partial charge on any atom is 0.416 e. The third kappa shape index (κ3) is 3.77. The molecular weight excluding hydrogens is 449 g/mol. The van der Waals surface area contributed by atoms with Crippen LogP contribution in [0.2, 0.25) is 0 Å². The Morgan fingerprint density at radius 3 is 2.61 bits per heavy atom. The zero-order chi connectivity index (χ0) is 24.1. The maximum atomic E-state index is 15.2. The van der Waals surface area contributed by atoms with Crippen LogP contribution in [0.25, 0.3) is 16.6 Å². The summed E-state index contributed by atoms with van der Waals surface area (Å²) in [5, 5.41) is 0. The van der Waals surface area contributed by atoms with Gasteiger partial charge in [-0.05, 0) is 24.3 Å². The number of alkyl halides is 4. The number of rotatable bonds is 4. The zero-order valence-corrected chi connectivity index (χ0v) is 17.2. The summed E-state index contributed by atoms with van der Waals surface area (Å²) >= 11 is 0. The molecule has 0 spiro atoms. The predicted molar refractivity (Wildman–Crippen MR) is 109 cm³/mol. The standard InChI is InChI=1S/C21H16F5N5O2/c1-30(18(23)11-4-3-10(21(24,25)26)5-17(11)33-2)20(32)12-6-15-14(7-13(12)22)29-19(27)16-8-28-9-31(15)16/h3-9,18H,1-2H3,(H2,27,29)/t18-/m1/s1. The fraction of sp³-hybridized carbons (Fsp3) is 0.190. The number of benzene rings is 2. The third-order valence-electron chi connectivity index (χ3n) is 5.17. The maximum absolute atomic E-state index is 15.2. The number of nitrogen functional groups attached to an aromatic ring is 1. The molecule has 2 N–H and O–H groups in total. The molecule has 0 bridgehead atoms. The Morgan fingerprint density at radius 1 is 1.21 bits per heavy atom. The molecule has 0 saturated heterocycles. The Kier molecular flexibility index (Phi) is 5.30. The van der Waals surface area contributed by atoms with Crippen LogP contribution in [0.5, 0.6) is 5.75 Å². The molecule has 4 aromatic rings. The third-order valence-corrected chi connectivity index (χ3v) is 5.17. The Balaban J connectivity index is 1.73. The van der Waals surface area contributed by atoms with Crippen molar-refractivity contribution in [1.29, 1.82) is 0 Å². The van der Waals surface area contributed by atoms with Crippen molar-refractivity contribution in [2.75, 3.05) is 19.9 Å². The highest BCUT2D eigenvalue weighted by Gasteiger charge is 2.33. The molecule has 1 atom stereocenters. The SMILES string of the molecule is COc1cc(C(F)(F)F)ccc1[C@H](F)N(C)C(=O)c1cc2c(cc1F)nc(N)c1cncn12. The van der Waals surface area contributed by atoms with Crippen LogP contribution in [-0.2, 0) is 6.18 Å². The van der Waals surface area contributed by atoms with Crippen LogP contribution < -0.4 is 10.5 Å². The Bertz CT molecular complexity index is 1390. The molecule has 33 heavy (non-hydrogen) atoms. The second-order valence-corrected chi connectivity index (χ2v) is 7.17. The Morgan fingerprint density at radius 2 is 1.94 bits per heavy atom. The van der Waals surface area contributed by atoms with Gasteiger partial charge in [-0.25, -0.2) is 18.7 Å². The van der Waals surface area contributed by atoms with Crippen molar-refractivity contribution in [1.82, 2.24) is 19.3 Å². The highest BCUT2D eigenvalue weighted by atomic mass is 19.4. The average Bonchev–Trinajstić information content (AvgIpc) is 3.27. The number of methoxy groups -OCH3 is 1. The van der Waals surface area contributed by atoms with Crippen molar-refractivity contribution < 1.29 is 31.5 Å². The number of imidazole rings is 1. The molecule has 0 fully saturated rings. The lowest BCUT2D eigenvalue weighted by Gasteiger charge is -2.24. The van der Waals surface area contributed by atoms with E-state index in [1.807, 2.05) is 0 Å². The number of hydrogen-bond donors (Lipinski definition) is 1. The Hall–Kier alpha value is -3.96. The highest BCUT2D eigenvalue weighted by molar-refractivity contribution is 5.98. The molecule has 7 nitrogen and oxygen atoms in total. The summed E-state index contributed by atoms with van der Waals surface area (Å²) in [7, 11) is 2.13. The molecule has 2 aromatic carbocycles.